The van der Waals surface area contributed by atoms with E-state index in [-0.39, 0.29) is 0 Å². The lowest BCUT2D eigenvalue weighted by Crippen LogP contribution is -1.72. The van der Waals surface area contributed by atoms with Gasteiger partial charge in [0.05, 0.1) is 12.5 Å². The molecule has 0 aliphatic carbocycles. The van der Waals surface area contributed by atoms with Gasteiger partial charge in [0.25, 0.3) is 0 Å². The zero-order valence-electron chi connectivity index (χ0n) is 7.90. The minimum absolute atomic E-state index is 0.509. The third kappa shape index (κ3) is 2.58. The Morgan fingerprint density at radius 3 is 2.53 bits per heavy atom. The molecule has 0 atom stereocenters. The molecule has 1 heterocycles. The topological polar surface area (TPSA) is 23.8 Å². The number of nitriles is 1. The Balaban J connectivity index is 2.30. The van der Waals surface area contributed by atoms with Crippen LogP contribution in [0.3, 0.4) is 0 Å². The molecule has 0 bridgehead atoms. The Labute approximate surface area is 107 Å². The first kappa shape index (κ1) is 10.7. The lowest BCUT2D eigenvalue weighted by atomic mass is 10.2. The van der Waals surface area contributed by atoms with Crippen molar-refractivity contribution in [3.05, 3.63) is 44.8 Å². The second-order valence-corrected chi connectivity index (χ2v) is 5.52. The van der Waals surface area contributed by atoms with E-state index < -0.39 is 0 Å². The van der Waals surface area contributed by atoms with Crippen LogP contribution in [0.25, 0.3) is 10.4 Å². The third-order valence-electron chi connectivity index (χ3n) is 2.04. The van der Waals surface area contributed by atoms with Crippen molar-refractivity contribution in [3.8, 4) is 16.5 Å². The molecule has 74 valence electrons. The van der Waals surface area contributed by atoms with E-state index in [9.17, 15) is 0 Å². The maximum Gasteiger partial charge on any atom is 0.0695 e. The van der Waals surface area contributed by atoms with Gasteiger partial charge in [-0.05, 0) is 52.4 Å². The van der Waals surface area contributed by atoms with Crippen molar-refractivity contribution >= 4 is 33.9 Å². The van der Waals surface area contributed by atoms with Crippen molar-refractivity contribution in [2.24, 2.45) is 0 Å². The molecule has 1 nitrogen and oxygen atoms in total. The normalized spacial score (nSPS) is 9.87. The van der Waals surface area contributed by atoms with Crippen LogP contribution in [0, 0.1) is 14.9 Å². The molecule has 0 spiro atoms. The van der Waals surface area contributed by atoms with Gasteiger partial charge in [0.2, 0.25) is 0 Å². The number of nitrogens with zero attached hydrogens (tertiary/aromatic N) is 1. The van der Waals surface area contributed by atoms with E-state index in [1.165, 1.54) is 14.0 Å². The van der Waals surface area contributed by atoms with E-state index in [0.717, 1.165) is 4.88 Å². The van der Waals surface area contributed by atoms with Crippen molar-refractivity contribution in [1.29, 1.82) is 5.26 Å². The van der Waals surface area contributed by atoms with Gasteiger partial charge < -0.3 is 0 Å². The zero-order chi connectivity index (χ0) is 10.7. The van der Waals surface area contributed by atoms with Gasteiger partial charge in [-0.3, -0.25) is 0 Å². The summed E-state index contributed by atoms with van der Waals surface area (Å²) in [5.74, 6) is 0. The van der Waals surface area contributed by atoms with Gasteiger partial charge in [-0.1, -0.05) is 12.1 Å². The van der Waals surface area contributed by atoms with Crippen LogP contribution in [-0.4, -0.2) is 0 Å². The smallest absolute Gasteiger partial charge is 0.0695 e. The molecule has 15 heavy (non-hydrogen) atoms. The molecule has 1 aromatic heterocycles. The first-order valence-corrected chi connectivity index (χ1v) is 6.41. The Bertz CT molecular complexity index is 493. The van der Waals surface area contributed by atoms with Crippen LogP contribution in [-0.2, 0) is 6.42 Å². The fraction of sp³-hybridized carbons (Fsp3) is 0.0833. The number of benzene rings is 1. The number of hydrogen-bond donors (Lipinski definition) is 0. The SMILES string of the molecule is N#CCc1ccc(-c2ccc(I)cc2)s1. The molecule has 2 aromatic rings. The summed E-state index contributed by atoms with van der Waals surface area (Å²) in [6.07, 6.45) is 0.509. The number of rotatable bonds is 2. The maximum absolute atomic E-state index is 8.59. The molecule has 0 fully saturated rings. The second-order valence-electron chi connectivity index (χ2n) is 3.11. The van der Waals surface area contributed by atoms with Gasteiger partial charge in [0, 0.05) is 13.3 Å². The minimum atomic E-state index is 0.509. The molecule has 0 N–H and O–H groups in total. The van der Waals surface area contributed by atoms with E-state index in [1.54, 1.807) is 11.3 Å². The van der Waals surface area contributed by atoms with Crippen LogP contribution in [0.2, 0.25) is 0 Å². The number of thiophene rings is 1. The van der Waals surface area contributed by atoms with E-state index in [4.69, 9.17) is 5.26 Å². The summed E-state index contributed by atoms with van der Waals surface area (Å²) in [5, 5.41) is 8.59. The van der Waals surface area contributed by atoms with Gasteiger partial charge in [-0.2, -0.15) is 5.26 Å². The fourth-order valence-electron chi connectivity index (χ4n) is 1.32. The van der Waals surface area contributed by atoms with Crippen LogP contribution in [0.4, 0.5) is 0 Å². The molecule has 2 rings (SSSR count). The Morgan fingerprint density at radius 1 is 1.13 bits per heavy atom. The summed E-state index contributed by atoms with van der Waals surface area (Å²) in [6.45, 7) is 0. The predicted octanol–water partition coefficient (Wildman–Crippen LogP) is 4.09. The monoisotopic (exact) mass is 325 g/mol. The highest BCUT2D eigenvalue weighted by atomic mass is 127. The Morgan fingerprint density at radius 2 is 1.87 bits per heavy atom. The highest BCUT2D eigenvalue weighted by Crippen LogP contribution is 2.28. The molecule has 0 amide bonds. The minimum Gasteiger partial charge on any atom is -0.198 e. The number of hydrogen-bond acceptors (Lipinski definition) is 2. The summed E-state index contributed by atoms with van der Waals surface area (Å²) < 4.78 is 1.24. The van der Waals surface area contributed by atoms with Crippen molar-refractivity contribution in [1.82, 2.24) is 0 Å². The molecule has 1 aromatic carbocycles. The molecule has 0 saturated heterocycles. The summed E-state index contributed by atoms with van der Waals surface area (Å²) in [7, 11) is 0. The summed E-state index contributed by atoms with van der Waals surface area (Å²) in [5.41, 5.74) is 1.23. The largest absolute Gasteiger partial charge is 0.198 e. The average molecular weight is 325 g/mol. The standard InChI is InChI=1S/C12H8INS/c13-10-3-1-9(2-4-10)12-6-5-11(15-12)7-8-14/h1-6H,7H2. The highest BCUT2D eigenvalue weighted by molar-refractivity contribution is 14.1. The Hall–Kier alpha value is -0.860. The summed E-state index contributed by atoms with van der Waals surface area (Å²) >= 11 is 3.99. The van der Waals surface area contributed by atoms with Crippen LogP contribution in [0.5, 0.6) is 0 Å². The van der Waals surface area contributed by atoms with Crippen molar-refractivity contribution in [2.75, 3.05) is 0 Å². The fourth-order valence-corrected chi connectivity index (χ4v) is 2.63. The highest BCUT2D eigenvalue weighted by Gasteiger charge is 2.02. The number of halogens is 1. The van der Waals surface area contributed by atoms with Crippen LogP contribution < -0.4 is 0 Å². The first-order valence-electron chi connectivity index (χ1n) is 4.51. The lowest BCUT2D eigenvalue weighted by molar-refractivity contribution is 1.32. The lowest BCUT2D eigenvalue weighted by Gasteiger charge is -1.96. The van der Waals surface area contributed by atoms with E-state index in [2.05, 4.69) is 59.0 Å². The average Bonchev–Trinajstić information content (AvgIpc) is 2.68. The van der Waals surface area contributed by atoms with Crippen molar-refractivity contribution in [3.63, 3.8) is 0 Å². The van der Waals surface area contributed by atoms with E-state index >= 15 is 0 Å². The second kappa shape index (κ2) is 4.77. The van der Waals surface area contributed by atoms with Crippen molar-refractivity contribution in [2.45, 2.75) is 6.42 Å². The summed E-state index contributed by atoms with van der Waals surface area (Å²) in [6, 6.07) is 14.7. The molecule has 0 unspecified atom stereocenters. The molecule has 0 aliphatic rings. The van der Waals surface area contributed by atoms with Gasteiger partial charge >= 0.3 is 0 Å². The van der Waals surface area contributed by atoms with Crippen LogP contribution in [0.1, 0.15) is 4.88 Å². The predicted molar refractivity (Wildman–Crippen MR) is 71.8 cm³/mol. The van der Waals surface area contributed by atoms with E-state index in [0.29, 0.717) is 6.42 Å². The quantitative estimate of drug-likeness (QED) is 0.763. The molecule has 3 heteroatoms. The molecule has 0 aliphatic heterocycles. The zero-order valence-corrected chi connectivity index (χ0v) is 10.9. The molecule has 0 radical (unpaired) electrons. The third-order valence-corrected chi connectivity index (χ3v) is 3.90. The molecular formula is C12H8INS. The van der Waals surface area contributed by atoms with Crippen molar-refractivity contribution < 1.29 is 0 Å². The first-order chi connectivity index (χ1) is 7.29. The molecule has 0 saturated carbocycles. The summed E-state index contributed by atoms with van der Waals surface area (Å²) in [4.78, 5) is 2.36. The van der Waals surface area contributed by atoms with Crippen LogP contribution >= 0.6 is 33.9 Å². The van der Waals surface area contributed by atoms with Gasteiger partial charge in [0.15, 0.2) is 0 Å². The van der Waals surface area contributed by atoms with Crippen LogP contribution in [0.15, 0.2) is 36.4 Å². The van der Waals surface area contributed by atoms with E-state index in [1.807, 2.05) is 6.07 Å². The van der Waals surface area contributed by atoms with Gasteiger partial charge in [-0.15, -0.1) is 11.3 Å². The van der Waals surface area contributed by atoms with Gasteiger partial charge in [0.1, 0.15) is 0 Å². The Kier molecular flexibility index (Phi) is 3.39. The maximum atomic E-state index is 8.59. The van der Waals surface area contributed by atoms with Gasteiger partial charge in [-0.25, -0.2) is 0 Å². The molecular weight excluding hydrogens is 317 g/mol.